The Morgan fingerprint density at radius 3 is 2.53 bits per heavy atom. The van der Waals surface area contributed by atoms with Gasteiger partial charge in [-0.1, -0.05) is 0 Å². The number of pyridine rings is 1. The average molecular weight is 496 g/mol. The second kappa shape index (κ2) is 9.65. The minimum absolute atomic E-state index is 0.141. The molecule has 1 fully saturated rings. The summed E-state index contributed by atoms with van der Waals surface area (Å²) in [5.41, 5.74) is 1.84. The van der Waals surface area contributed by atoms with Gasteiger partial charge in [-0.2, -0.15) is 9.37 Å². The van der Waals surface area contributed by atoms with E-state index in [4.69, 9.17) is 4.74 Å². The minimum atomic E-state index is -0.874. The lowest BCUT2D eigenvalue weighted by atomic mass is 10.1. The number of benzene rings is 1. The SMILES string of the molecule is CC(=O)N1c2ccc(Oc3ncnc(Nc4ccc(N5CCN(C)CC5)cn4)c3F)c(F)c2CC1C. The highest BCUT2D eigenvalue weighted by Crippen LogP contribution is 2.39. The summed E-state index contributed by atoms with van der Waals surface area (Å²) in [6.45, 7) is 7.07. The zero-order chi connectivity index (χ0) is 25.4. The summed E-state index contributed by atoms with van der Waals surface area (Å²) >= 11 is 0. The molecule has 1 N–H and O–H groups in total. The minimum Gasteiger partial charge on any atom is -0.433 e. The van der Waals surface area contributed by atoms with Crippen LogP contribution >= 0.6 is 0 Å². The van der Waals surface area contributed by atoms with Crippen LogP contribution < -0.4 is 19.9 Å². The number of hydrogen-bond acceptors (Lipinski definition) is 8. The number of piperazine rings is 1. The number of rotatable bonds is 5. The van der Waals surface area contributed by atoms with Gasteiger partial charge in [0.05, 0.1) is 17.6 Å². The van der Waals surface area contributed by atoms with Crippen LogP contribution in [0.2, 0.25) is 0 Å². The largest absolute Gasteiger partial charge is 0.433 e. The van der Waals surface area contributed by atoms with Crippen LogP contribution in [0.5, 0.6) is 11.6 Å². The predicted molar refractivity (Wildman–Crippen MR) is 132 cm³/mol. The van der Waals surface area contributed by atoms with Crippen LogP contribution in [0, 0.1) is 11.6 Å². The number of hydrogen-bond donors (Lipinski definition) is 1. The topological polar surface area (TPSA) is 86.7 Å². The van der Waals surface area contributed by atoms with Gasteiger partial charge >= 0.3 is 0 Å². The number of amides is 1. The summed E-state index contributed by atoms with van der Waals surface area (Å²) in [5.74, 6) is -2.02. The molecule has 2 aliphatic rings. The normalized spacial score (nSPS) is 17.8. The predicted octanol–water partition coefficient (Wildman–Crippen LogP) is 3.74. The summed E-state index contributed by atoms with van der Waals surface area (Å²) < 4.78 is 35.9. The van der Waals surface area contributed by atoms with Crippen molar-refractivity contribution >= 4 is 28.9 Å². The summed E-state index contributed by atoms with van der Waals surface area (Å²) in [4.78, 5) is 30.2. The van der Waals surface area contributed by atoms with Crippen LogP contribution in [0.3, 0.4) is 0 Å². The zero-order valence-electron chi connectivity index (χ0n) is 20.3. The molecule has 1 aromatic carbocycles. The third-order valence-corrected chi connectivity index (χ3v) is 6.55. The molecule has 1 unspecified atom stereocenters. The van der Waals surface area contributed by atoms with Gasteiger partial charge in [0.25, 0.3) is 5.88 Å². The Hall–Kier alpha value is -3.86. The third kappa shape index (κ3) is 4.53. The van der Waals surface area contributed by atoms with Crippen molar-refractivity contribution in [2.24, 2.45) is 0 Å². The van der Waals surface area contributed by atoms with E-state index in [2.05, 4.69) is 37.1 Å². The quantitative estimate of drug-likeness (QED) is 0.573. The maximum Gasteiger partial charge on any atom is 0.261 e. The van der Waals surface area contributed by atoms with Gasteiger partial charge in [0.2, 0.25) is 11.7 Å². The number of carbonyl (C=O) groups excluding carboxylic acids is 1. The van der Waals surface area contributed by atoms with Crippen molar-refractivity contribution in [3.8, 4) is 11.6 Å². The molecule has 0 radical (unpaired) electrons. The molecule has 2 aromatic heterocycles. The number of ether oxygens (including phenoxy) is 1. The van der Waals surface area contributed by atoms with E-state index in [1.54, 1.807) is 18.3 Å². The second-order valence-corrected chi connectivity index (χ2v) is 9.08. The number of aromatic nitrogens is 3. The number of likely N-dealkylation sites (N-methyl/N-ethyl adjacent to an activating group) is 1. The Bertz CT molecular complexity index is 1280. The number of carbonyl (C=O) groups is 1. The fourth-order valence-electron chi connectivity index (χ4n) is 4.64. The summed E-state index contributed by atoms with van der Waals surface area (Å²) in [6, 6.07) is 6.46. The Morgan fingerprint density at radius 1 is 1.06 bits per heavy atom. The Morgan fingerprint density at radius 2 is 1.83 bits per heavy atom. The number of nitrogens with zero attached hydrogens (tertiary/aromatic N) is 6. The molecule has 0 aliphatic carbocycles. The number of nitrogens with one attached hydrogen (secondary N) is 1. The van der Waals surface area contributed by atoms with E-state index < -0.39 is 17.5 Å². The zero-order valence-corrected chi connectivity index (χ0v) is 20.3. The molecule has 5 rings (SSSR count). The first-order valence-corrected chi connectivity index (χ1v) is 11.8. The number of halogens is 2. The molecule has 4 heterocycles. The van der Waals surface area contributed by atoms with E-state index in [0.717, 1.165) is 38.2 Å². The first-order valence-electron chi connectivity index (χ1n) is 11.8. The van der Waals surface area contributed by atoms with Crippen molar-refractivity contribution in [3.05, 3.63) is 54.0 Å². The van der Waals surface area contributed by atoms with Crippen molar-refractivity contribution in [2.45, 2.75) is 26.3 Å². The smallest absolute Gasteiger partial charge is 0.261 e. The molecule has 2 aliphatic heterocycles. The molecule has 1 atom stereocenters. The van der Waals surface area contributed by atoms with Crippen molar-refractivity contribution in [3.63, 3.8) is 0 Å². The highest BCUT2D eigenvalue weighted by atomic mass is 19.1. The van der Waals surface area contributed by atoms with Crippen molar-refractivity contribution < 1.29 is 18.3 Å². The third-order valence-electron chi connectivity index (χ3n) is 6.55. The molecule has 0 spiro atoms. The van der Waals surface area contributed by atoms with Crippen molar-refractivity contribution in [1.82, 2.24) is 19.9 Å². The highest BCUT2D eigenvalue weighted by molar-refractivity contribution is 5.94. The first kappa shape index (κ1) is 23.9. The van der Waals surface area contributed by atoms with E-state index in [1.807, 2.05) is 13.0 Å². The molecule has 0 bridgehead atoms. The lowest BCUT2D eigenvalue weighted by Crippen LogP contribution is -2.44. The van der Waals surface area contributed by atoms with E-state index in [9.17, 15) is 4.79 Å². The van der Waals surface area contributed by atoms with E-state index in [0.29, 0.717) is 23.5 Å². The van der Waals surface area contributed by atoms with Gasteiger partial charge in [0.1, 0.15) is 12.1 Å². The summed E-state index contributed by atoms with van der Waals surface area (Å²) in [7, 11) is 2.10. The van der Waals surface area contributed by atoms with Gasteiger partial charge in [0, 0.05) is 44.7 Å². The molecule has 11 heteroatoms. The van der Waals surface area contributed by atoms with E-state index >= 15 is 8.78 Å². The van der Waals surface area contributed by atoms with Gasteiger partial charge in [-0.05, 0) is 44.7 Å². The molecule has 188 valence electrons. The molecular weight excluding hydrogens is 468 g/mol. The maximum absolute atomic E-state index is 15.2. The van der Waals surface area contributed by atoms with Crippen LogP contribution in [-0.2, 0) is 11.2 Å². The van der Waals surface area contributed by atoms with Gasteiger partial charge in [0.15, 0.2) is 17.4 Å². The molecule has 0 saturated carbocycles. The Kier molecular flexibility index (Phi) is 6.40. The Balaban J connectivity index is 1.32. The number of fused-ring (bicyclic) bond motifs is 1. The molecule has 1 saturated heterocycles. The standard InChI is InChI=1S/C25H27F2N7O2/c1-15-12-18-19(34(15)16(2)35)5-6-20(22(18)26)36-25-23(27)24(29-14-30-25)31-21-7-4-17(13-28-21)33-10-8-32(3)9-11-33/h4-7,13-15H,8-12H2,1-3H3,(H,28,29,30,31). The first-order chi connectivity index (χ1) is 17.3. The van der Waals surface area contributed by atoms with E-state index in [-0.39, 0.29) is 23.5 Å². The van der Waals surface area contributed by atoms with Gasteiger partial charge in [-0.3, -0.25) is 4.79 Å². The van der Waals surface area contributed by atoms with E-state index in [1.165, 1.54) is 17.9 Å². The molecule has 36 heavy (non-hydrogen) atoms. The van der Waals surface area contributed by atoms with Gasteiger partial charge < -0.3 is 24.8 Å². The van der Waals surface area contributed by atoms with Crippen molar-refractivity contribution in [1.29, 1.82) is 0 Å². The molecule has 1 amide bonds. The monoisotopic (exact) mass is 495 g/mol. The van der Waals surface area contributed by atoms with Gasteiger partial charge in [-0.25, -0.2) is 14.4 Å². The van der Waals surface area contributed by atoms with Crippen LogP contribution in [-0.4, -0.2) is 65.0 Å². The number of anilines is 4. The molecule has 3 aromatic rings. The lowest BCUT2D eigenvalue weighted by molar-refractivity contribution is -0.116. The summed E-state index contributed by atoms with van der Waals surface area (Å²) in [6.07, 6.45) is 3.20. The molecular formula is C25H27F2N7O2. The highest BCUT2D eigenvalue weighted by Gasteiger charge is 2.33. The Labute approximate surface area is 207 Å². The summed E-state index contributed by atoms with van der Waals surface area (Å²) in [5, 5.41) is 2.83. The lowest BCUT2D eigenvalue weighted by Gasteiger charge is -2.33. The average Bonchev–Trinajstić information content (AvgIpc) is 3.21. The molecule has 9 nitrogen and oxygen atoms in total. The van der Waals surface area contributed by atoms with Crippen LogP contribution in [0.1, 0.15) is 19.4 Å². The fourth-order valence-corrected chi connectivity index (χ4v) is 4.64. The second-order valence-electron chi connectivity index (χ2n) is 9.08. The van der Waals surface area contributed by atoms with Crippen LogP contribution in [0.25, 0.3) is 0 Å². The van der Waals surface area contributed by atoms with Crippen LogP contribution in [0.4, 0.5) is 31.8 Å². The fraction of sp³-hybridized carbons (Fsp3) is 0.360. The van der Waals surface area contributed by atoms with Crippen molar-refractivity contribution in [2.75, 3.05) is 48.3 Å². The van der Waals surface area contributed by atoms with Crippen LogP contribution in [0.15, 0.2) is 36.8 Å². The maximum atomic E-state index is 15.2. The van der Waals surface area contributed by atoms with Gasteiger partial charge in [-0.15, -0.1) is 0 Å².